The minimum Gasteiger partial charge on any atom is -0.379 e. The highest BCUT2D eigenvalue weighted by Gasteiger charge is 2.03. The zero-order chi connectivity index (χ0) is 10.9. The van der Waals surface area contributed by atoms with E-state index in [1.807, 2.05) is 20.8 Å². The fourth-order valence-electron chi connectivity index (χ4n) is 0.671. The van der Waals surface area contributed by atoms with Gasteiger partial charge in [0.15, 0.2) is 0 Å². The number of hydrogen-bond acceptors (Lipinski definition) is 2. The van der Waals surface area contributed by atoms with Gasteiger partial charge in [-0.05, 0) is 40.4 Å². The number of hydrogen-bond donors (Lipinski definition) is 0. The van der Waals surface area contributed by atoms with Crippen LogP contribution in [0.3, 0.4) is 0 Å². The van der Waals surface area contributed by atoms with Gasteiger partial charge in [-0.15, -0.1) is 0 Å². The molecule has 0 rings (SSSR count). The predicted octanol–water partition coefficient (Wildman–Crippen LogP) is 2.78. The quantitative estimate of drug-likeness (QED) is 0.677. The molecule has 2 nitrogen and oxygen atoms in total. The molecule has 0 heterocycles. The lowest BCUT2D eigenvalue weighted by Gasteiger charge is -2.14. The van der Waals surface area contributed by atoms with Crippen molar-refractivity contribution in [1.29, 1.82) is 0 Å². The zero-order valence-corrected chi connectivity index (χ0v) is 10.5. The van der Waals surface area contributed by atoms with Gasteiger partial charge in [-0.3, -0.25) is 0 Å². The summed E-state index contributed by atoms with van der Waals surface area (Å²) < 4.78 is 4.94. The fraction of sp³-hybridized carbons (Fsp3) is 1.00. The van der Waals surface area contributed by atoms with Gasteiger partial charge < -0.3 is 9.64 Å². The second kappa shape index (κ2) is 8.52. The van der Waals surface area contributed by atoms with Crippen molar-refractivity contribution in [2.45, 2.75) is 47.1 Å². The third-order valence-corrected chi connectivity index (χ3v) is 1.95. The molecule has 0 aromatic heterocycles. The maximum atomic E-state index is 4.94. The first-order chi connectivity index (χ1) is 5.91. The van der Waals surface area contributed by atoms with Crippen LogP contribution in [0, 0.1) is 0 Å². The van der Waals surface area contributed by atoms with E-state index in [1.165, 1.54) is 19.6 Å². The normalized spacial score (nSPS) is 11.1. The summed E-state index contributed by atoms with van der Waals surface area (Å²) in [6, 6.07) is 0. The van der Waals surface area contributed by atoms with Crippen molar-refractivity contribution in [3.63, 3.8) is 0 Å². The summed E-state index contributed by atoms with van der Waals surface area (Å²) in [5, 5.41) is 0. The zero-order valence-electron chi connectivity index (χ0n) is 10.5. The molecule has 13 heavy (non-hydrogen) atoms. The van der Waals surface area contributed by atoms with Crippen molar-refractivity contribution in [2.24, 2.45) is 0 Å². The Morgan fingerprint density at radius 1 is 0.923 bits per heavy atom. The highest BCUT2D eigenvalue weighted by molar-refractivity contribution is 4.55. The topological polar surface area (TPSA) is 12.5 Å². The van der Waals surface area contributed by atoms with Crippen LogP contribution in [0.15, 0.2) is 0 Å². The van der Waals surface area contributed by atoms with Gasteiger partial charge in [0.2, 0.25) is 0 Å². The van der Waals surface area contributed by atoms with Crippen LogP contribution < -0.4 is 0 Å². The summed E-state index contributed by atoms with van der Waals surface area (Å²) in [5.41, 5.74) is 0.0417. The minimum absolute atomic E-state index is 0.0417. The third kappa shape index (κ3) is 14.7. The Labute approximate surface area is 84.3 Å². The Hall–Kier alpha value is -0.0800. The smallest absolute Gasteiger partial charge is 0.0594 e. The molecule has 0 unspecified atom stereocenters. The highest BCUT2D eigenvalue weighted by atomic mass is 16.5. The Morgan fingerprint density at radius 3 is 1.15 bits per heavy atom. The maximum Gasteiger partial charge on any atom is 0.0594 e. The van der Waals surface area contributed by atoms with Gasteiger partial charge in [0.1, 0.15) is 0 Å². The standard InChI is InChI=1S/C6H15N.C5H12O/c1-4-7(5-2)6-3;1-5(2,3)6-4/h4-6H2,1-3H3;1-4H3. The molecule has 0 fully saturated rings. The van der Waals surface area contributed by atoms with Crippen LogP contribution >= 0.6 is 0 Å². The molecule has 0 bridgehead atoms. The van der Waals surface area contributed by atoms with Gasteiger partial charge in [-0.25, -0.2) is 0 Å². The highest BCUT2D eigenvalue weighted by Crippen LogP contribution is 2.02. The monoisotopic (exact) mass is 189 g/mol. The lowest BCUT2D eigenvalue weighted by Crippen LogP contribution is -2.21. The number of rotatable bonds is 3. The maximum absolute atomic E-state index is 4.94. The van der Waals surface area contributed by atoms with Crippen LogP contribution in [0.5, 0.6) is 0 Å². The van der Waals surface area contributed by atoms with Crippen molar-refractivity contribution in [2.75, 3.05) is 26.7 Å². The van der Waals surface area contributed by atoms with E-state index in [0.717, 1.165) is 0 Å². The fourth-order valence-corrected chi connectivity index (χ4v) is 0.671. The second-order valence-electron chi connectivity index (χ2n) is 3.94. The van der Waals surface area contributed by atoms with Crippen LogP contribution in [0.4, 0.5) is 0 Å². The van der Waals surface area contributed by atoms with E-state index >= 15 is 0 Å². The molecule has 0 atom stereocenters. The number of nitrogens with zero attached hydrogens (tertiary/aromatic N) is 1. The van der Waals surface area contributed by atoms with Crippen molar-refractivity contribution in [1.82, 2.24) is 4.90 Å². The summed E-state index contributed by atoms with van der Waals surface area (Å²) in [4.78, 5) is 2.38. The van der Waals surface area contributed by atoms with E-state index in [4.69, 9.17) is 4.74 Å². The van der Waals surface area contributed by atoms with Gasteiger partial charge in [-0.1, -0.05) is 20.8 Å². The van der Waals surface area contributed by atoms with Crippen molar-refractivity contribution >= 4 is 0 Å². The van der Waals surface area contributed by atoms with Crippen LogP contribution in [-0.2, 0) is 4.74 Å². The summed E-state index contributed by atoms with van der Waals surface area (Å²) in [6.07, 6.45) is 0. The molecule has 0 aliphatic heterocycles. The molecule has 0 amide bonds. The molecule has 0 N–H and O–H groups in total. The Bertz CT molecular complexity index is 87.2. The molecule has 0 aliphatic rings. The van der Waals surface area contributed by atoms with Crippen LogP contribution in [0.1, 0.15) is 41.5 Å². The summed E-state index contributed by atoms with van der Waals surface area (Å²) in [7, 11) is 1.71. The predicted molar refractivity (Wildman–Crippen MR) is 60.2 cm³/mol. The molecular formula is C11H27NO. The van der Waals surface area contributed by atoms with Crippen LogP contribution in [0.25, 0.3) is 0 Å². The summed E-state index contributed by atoms with van der Waals surface area (Å²) in [6.45, 7) is 16.2. The molecule has 2 heteroatoms. The summed E-state index contributed by atoms with van der Waals surface area (Å²) in [5.74, 6) is 0. The Kier molecular flexibility index (Phi) is 10.1. The van der Waals surface area contributed by atoms with Gasteiger partial charge in [0, 0.05) is 7.11 Å². The molecule has 82 valence electrons. The molecule has 0 radical (unpaired) electrons. The van der Waals surface area contributed by atoms with Gasteiger partial charge >= 0.3 is 0 Å². The van der Waals surface area contributed by atoms with E-state index < -0.39 is 0 Å². The van der Waals surface area contributed by atoms with Gasteiger partial charge in [-0.2, -0.15) is 0 Å². The van der Waals surface area contributed by atoms with Gasteiger partial charge in [0.05, 0.1) is 5.60 Å². The first-order valence-corrected chi connectivity index (χ1v) is 5.18. The minimum atomic E-state index is 0.0417. The van der Waals surface area contributed by atoms with Crippen LogP contribution in [-0.4, -0.2) is 37.2 Å². The largest absolute Gasteiger partial charge is 0.379 e. The lowest BCUT2D eigenvalue weighted by atomic mass is 10.2. The average Bonchev–Trinajstić information content (AvgIpc) is 2.07. The molecular weight excluding hydrogens is 162 g/mol. The number of ether oxygens (including phenoxy) is 1. The summed E-state index contributed by atoms with van der Waals surface area (Å²) >= 11 is 0. The van der Waals surface area contributed by atoms with E-state index in [-0.39, 0.29) is 5.60 Å². The molecule has 0 aromatic carbocycles. The van der Waals surface area contributed by atoms with Crippen molar-refractivity contribution in [3.05, 3.63) is 0 Å². The lowest BCUT2D eigenvalue weighted by molar-refractivity contribution is 0.0397. The first-order valence-electron chi connectivity index (χ1n) is 5.18. The second-order valence-corrected chi connectivity index (χ2v) is 3.94. The SMILES string of the molecule is CCN(CC)CC.COC(C)(C)C. The van der Waals surface area contributed by atoms with E-state index in [0.29, 0.717) is 0 Å². The molecule has 0 aliphatic carbocycles. The molecule has 0 aromatic rings. The van der Waals surface area contributed by atoms with Crippen molar-refractivity contribution in [3.8, 4) is 0 Å². The van der Waals surface area contributed by atoms with Gasteiger partial charge in [0.25, 0.3) is 0 Å². The molecule has 0 saturated carbocycles. The Morgan fingerprint density at radius 2 is 1.15 bits per heavy atom. The number of methoxy groups -OCH3 is 1. The van der Waals surface area contributed by atoms with Crippen LogP contribution in [0.2, 0.25) is 0 Å². The third-order valence-electron chi connectivity index (χ3n) is 1.95. The Balaban J connectivity index is 0. The van der Waals surface area contributed by atoms with E-state index in [1.54, 1.807) is 7.11 Å². The molecule has 0 saturated heterocycles. The first kappa shape index (κ1) is 15.4. The molecule has 0 spiro atoms. The van der Waals surface area contributed by atoms with E-state index in [2.05, 4.69) is 25.7 Å². The average molecular weight is 189 g/mol. The van der Waals surface area contributed by atoms with E-state index in [9.17, 15) is 0 Å². The van der Waals surface area contributed by atoms with Crippen molar-refractivity contribution < 1.29 is 4.74 Å².